The molecular weight excluding hydrogens is 168 g/mol. The van der Waals surface area contributed by atoms with E-state index >= 15 is 0 Å². The Morgan fingerprint density at radius 2 is 2.38 bits per heavy atom. The Labute approximate surface area is 78.1 Å². The first-order valence-electron chi connectivity index (χ1n) is 4.70. The Morgan fingerprint density at radius 3 is 2.92 bits per heavy atom. The molecule has 0 spiro atoms. The summed E-state index contributed by atoms with van der Waals surface area (Å²) in [4.78, 5) is 23.9. The van der Waals surface area contributed by atoms with Crippen molar-refractivity contribution in [2.24, 2.45) is 5.73 Å². The van der Waals surface area contributed by atoms with Crippen molar-refractivity contribution in [3.8, 4) is 0 Å². The molecule has 13 heavy (non-hydrogen) atoms. The highest BCUT2D eigenvalue weighted by Gasteiger charge is 2.33. The summed E-state index contributed by atoms with van der Waals surface area (Å²) in [5.41, 5.74) is 5.19. The van der Waals surface area contributed by atoms with E-state index in [0.29, 0.717) is 13.0 Å². The zero-order valence-corrected chi connectivity index (χ0v) is 7.95. The van der Waals surface area contributed by atoms with Gasteiger partial charge in [0.15, 0.2) is 0 Å². The Bertz CT molecular complexity index is 216. The van der Waals surface area contributed by atoms with E-state index in [1.54, 1.807) is 0 Å². The highest BCUT2D eigenvalue weighted by molar-refractivity contribution is 5.92. The quantitative estimate of drug-likeness (QED) is 0.664. The van der Waals surface area contributed by atoms with E-state index in [0.717, 1.165) is 19.4 Å². The molecule has 1 amide bonds. The van der Waals surface area contributed by atoms with Crippen molar-refractivity contribution in [2.45, 2.75) is 32.2 Å². The first kappa shape index (κ1) is 10.2. The molecule has 0 aromatic rings. The number of carbonyl (C=O) groups is 2. The van der Waals surface area contributed by atoms with Crippen molar-refractivity contribution in [3.05, 3.63) is 0 Å². The Morgan fingerprint density at radius 1 is 1.69 bits per heavy atom. The summed E-state index contributed by atoms with van der Waals surface area (Å²) < 4.78 is 0. The number of nitrogens with two attached hydrogens (primary N) is 1. The number of nitrogens with zero attached hydrogens (tertiary/aromatic N) is 1. The van der Waals surface area contributed by atoms with Crippen LogP contribution in [0.5, 0.6) is 0 Å². The smallest absolute Gasteiger partial charge is 0.235 e. The monoisotopic (exact) mass is 184 g/mol. The number of Topliss-reactive ketones (excluding diaryl/α,β-unsaturated/α-hetero) is 1. The van der Waals surface area contributed by atoms with Crippen LogP contribution in [0.25, 0.3) is 0 Å². The van der Waals surface area contributed by atoms with Crippen LogP contribution < -0.4 is 5.73 Å². The fourth-order valence-corrected chi connectivity index (χ4v) is 1.62. The molecule has 1 rings (SSSR count). The molecule has 1 heterocycles. The number of primary amides is 1. The molecule has 0 bridgehead atoms. The molecule has 1 aliphatic heterocycles. The van der Waals surface area contributed by atoms with Gasteiger partial charge in [-0.2, -0.15) is 0 Å². The van der Waals surface area contributed by atoms with Gasteiger partial charge < -0.3 is 5.73 Å². The van der Waals surface area contributed by atoms with E-state index in [-0.39, 0.29) is 17.7 Å². The van der Waals surface area contributed by atoms with E-state index < -0.39 is 0 Å². The standard InChI is InChI=1S/C9H16N2O2/c1-2-3-4-11-6-7(12)5-8(11)9(10)13/h8H,2-6H2,1H3,(H2,10,13)/t8-/m0/s1. The summed E-state index contributed by atoms with van der Waals surface area (Å²) in [5, 5.41) is 0. The van der Waals surface area contributed by atoms with Gasteiger partial charge in [-0.05, 0) is 13.0 Å². The van der Waals surface area contributed by atoms with Crippen molar-refractivity contribution in [1.82, 2.24) is 4.90 Å². The molecule has 4 nitrogen and oxygen atoms in total. The second-order valence-corrected chi connectivity index (χ2v) is 3.48. The van der Waals surface area contributed by atoms with Gasteiger partial charge in [0.05, 0.1) is 12.6 Å². The minimum atomic E-state index is -0.373. The maximum atomic E-state index is 11.1. The predicted octanol–water partition coefficient (Wildman–Crippen LogP) is -0.0848. The molecule has 2 N–H and O–H groups in total. The number of ketones is 1. The average molecular weight is 184 g/mol. The second-order valence-electron chi connectivity index (χ2n) is 3.48. The van der Waals surface area contributed by atoms with Crippen LogP contribution in [0.15, 0.2) is 0 Å². The molecule has 1 saturated heterocycles. The van der Waals surface area contributed by atoms with Crippen molar-refractivity contribution in [1.29, 1.82) is 0 Å². The number of rotatable bonds is 4. The lowest BCUT2D eigenvalue weighted by Gasteiger charge is -2.19. The Balaban J connectivity index is 2.50. The van der Waals surface area contributed by atoms with Crippen LogP contribution in [-0.4, -0.2) is 35.7 Å². The normalized spacial score (nSPS) is 23.8. The number of carbonyl (C=O) groups excluding carboxylic acids is 2. The van der Waals surface area contributed by atoms with Crippen LogP contribution in [0.2, 0.25) is 0 Å². The zero-order chi connectivity index (χ0) is 9.84. The van der Waals surface area contributed by atoms with Gasteiger partial charge >= 0.3 is 0 Å². The van der Waals surface area contributed by atoms with Gasteiger partial charge in [0.1, 0.15) is 5.78 Å². The molecule has 0 radical (unpaired) electrons. The third kappa shape index (κ3) is 2.52. The molecular formula is C9H16N2O2. The molecule has 0 aliphatic carbocycles. The lowest BCUT2D eigenvalue weighted by atomic mass is 10.2. The van der Waals surface area contributed by atoms with Crippen LogP contribution >= 0.6 is 0 Å². The molecule has 1 fully saturated rings. The van der Waals surface area contributed by atoms with Gasteiger partial charge in [0.2, 0.25) is 5.91 Å². The SMILES string of the molecule is CCCCN1CC(=O)C[C@H]1C(N)=O. The number of hydrogen-bond acceptors (Lipinski definition) is 3. The van der Waals surface area contributed by atoms with Crippen LogP contribution in [-0.2, 0) is 9.59 Å². The van der Waals surface area contributed by atoms with E-state index in [1.165, 1.54) is 0 Å². The topological polar surface area (TPSA) is 63.4 Å². The summed E-state index contributed by atoms with van der Waals surface area (Å²) >= 11 is 0. The van der Waals surface area contributed by atoms with Gasteiger partial charge in [0, 0.05) is 6.42 Å². The van der Waals surface area contributed by atoms with E-state index in [2.05, 4.69) is 6.92 Å². The first-order chi connectivity index (χ1) is 6.15. The largest absolute Gasteiger partial charge is 0.368 e. The lowest BCUT2D eigenvalue weighted by molar-refractivity contribution is -0.123. The molecule has 1 atom stereocenters. The number of likely N-dealkylation sites (tertiary alicyclic amines) is 1. The van der Waals surface area contributed by atoms with Crippen LogP contribution in [0.4, 0.5) is 0 Å². The van der Waals surface area contributed by atoms with E-state index in [1.807, 2.05) is 4.90 Å². The number of unbranched alkanes of at least 4 members (excludes halogenated alkanes) is 1. The van der Waals surface area contributed by atoms with Gasteiger partial charge in [0.25, 0.3) is 0 Å². The van der Waals surface area contributed by atoms with Gasteiger partial charge in [-0.25, -0.2) is 0 Å². The highest BCUT2D eigenvalue weighted by atomic mass is 16.2. The number of amides is 1. The lowest BCUT2D eigenvalue weighted by Crippen LogP contribution is -2.40. The summed E-state index contributed by atoms with van der Waals surface area (Å²) in [6.07, 6.45) is 2.38. The molecule has 0 unspecified atom stereocenters. The molecule has 0 saturated carbocycles. The van der Waals surface area contributed by atoms with Gasteiger partial charge in [-0.1, -0.05) is 13.3 Å². The van der Waals surface area contributed by atoms with E-state index in [4.69, 9.17) is 5.73 Å². The minimum Gasteiger partial charge on any atom is -0.368 e. The highest BCUT2D eigenvalue weighted by Crippen LogP contribution is 2.14. The van der Waals surface area contributed by atoms with Crippen LogP contribution in [0, 0.1) is 0 Å². The van der Waals surface area contributed by atoms with Crippen LogP contribution in [0.3, 0.4) is 0 Å². The van der Waals surface area contributed by atoms with Crippen molar-refractivity contribution in [2.75, 3.05) is 13.1 Å². The summed E-state index contributed by atoms with van der Waals surface area (Å²) in [5.74, 6) is -0.248. The zero-order valence-electron chi connectivity index (χ0n) is 7.95. The summed E-state index contributed by atoms with van der Waals surface area (Å²) in [7, 11) is 0. The third-order valence-corrected chi connectivity index (χ3v) is 2.37. The summed E-state index contributed by atoms with van der Waals surface area (Å²) in [6, 6.07) is -0.348. The fraction of sp³-hybridized carbons (Fsp3) is 0.778. The van der Waals surface area contributed by atoms with Crippen molar-refractivity contribution >= 4 is 11.7 Å². The fourth-order valence-electron chi connectivity index (χ4n) is 1.62. The van der Waals surface area contributed by atoms with Crippen LogP contribution in [0.1, 0.15) is 26.2 Å². The molecule has 1 aliphatic rings. The Hall–Kier alpha value is -0.900. The molecule has 4 heteroatoms. The van der Waals surface area contributed by atoms with Gasteiger partial charge in [-0.15, -0.1) is 0 Å². The van der Waals surface area contributed by atoms with Crippen molar-refractivity contribution in [3.63, 3.8) is 0 Å². The Kier molecular flexibility index (Phi) is 3.42. The van der Waals surface area contributed by atoms with E-state index in [9.17, 15) is 9.59 Å². The van der Waals surface area contributed by atoms with Crippen molar-refractivity contribution < 1.29 is 9.59 Å². The first-order valence-corrected chi connectivity index (χ1v) is 4.70. The van der Waals surface area contributed by atoms with Gasteiger partial charge in [-0.3, -0.25) is 14.5 Å². The third-order valence-electron chi connectivity index (χ3n) is 2.37. The predicted molar refractivity (Wildman–Crippen MR) is 49.1 cm³/mol. The summed E-state index contributed by atoms with van der Waals surface area (Å²) in [6.45, 7) is 3.28. The maximum absolute atomic E-state index is 11.1. The average Bonchev–Trinajstić information content (AvgIpc) is 2.43. The molecule has 0 aromatic carbocycles. The maximum Gasteiger partial charge on any atom is 0.235 e. The second kappa shape index (κ2) is 4.37. The minimum absolute atomic E-state index is 0.125. The molecule has 74 valence electrons. The molecule has 0 aromatic heterocycles. The number of hydrogen-bond donors (Lipinski definition) is 1.